The molecule has 2 rings (SSSR count). The summed E-state index contributed by atoms with van der Waals surface area (Å²) in [5.41, 5.74) is 9.34. The average molecular weight is 280 g/mol. The van der Waals surface area contributed by atoms with Crippen LogP contribution in [0.15, 0.2) is 60.2 Å². The van der Waals surface area contributed by atoms with E-state index >= 15 is 0 Å². The minimum Gasteiger partial charge on any atom is -0.366 e. The summed E-state index contributed by atoms with van der Waals surface area (Å²) in [7, 11) is 0. The Morgan fingerprint density at radius 1 is 1.14 bits per heavy atom. The van der Waals surface area contributed by atoms with E-state index in [0.29, 0.717) is 12.1 Å². The van der Waals surface area contributed by atoms with Crippen LogP contribution in [-0.2, 0) is 6.54 Å². The van der Waals surface area contributed by atoms with Crippen molar-refractivity contribution in [3.8, 4) is 0 Å². The second-order valence-electron chi connectivity index (χ2n) is 5.07. The number of amides is 1. The normalized spacial score (nSPS) is 11.4. The number of hydrogen-bond donors (Lipinski definition) is 2. The summed E-state index contributed by atoms with van der Waals surface area (Å²) in [6.07, 6.45) is 2.16. The van der Waals surface area contributed by atoms with E-state index in [9.17, 15) is 4.79 Å². The van der Waals surface area contributed by atoms with Crippen LogP contribution in [0.1, 0.15) is 28.4 Å². The molecule has 3 nitrogen and oxygen atoms in total. The summed E-state index contributed by atoms with van der Waals surface area (Å²) in [5, 5.41) is 3.37. The lowest BCUT2D eigenvalue weighted by Crippen LogP contribution is -2.16. The van der Waals surface area contributed by atoms with Crippen molar-refractivity contribution in [1.82, 2.24) is 5.32 Å². The Morgan fingerprint density at radius 3 is 2.62 bits per heavy atom. The van der Waals surface area contributed by atoms with Gasteiger partial charge in [-0.25, -0.2) is 0 Å². The molecule has 3 heteroatoms. The van der Waals surface area contributed by atoms with E-state index in [2.05, 4.69) is 30.4 Å². The van der Waals surface area contributed by atoms with Crippen molar-refractivity contribution in [2.75, 3.05) is 6.54 Å². The van der Waals surface area contributed by atoms with Crippen molar-refractivity contribution < 1.29 is 4.79 Å². The second-order valence-corrected chi connectivity index (χ2v) is 5.07. The maximum absolute atomic E-state index is 11.1. The molecule has 2 aromatic rings. The fraction of sp³-hybridized carbons (Fsp3) is 0.167. The van der Waals surface area contributed by atoms with E-state index in [1.165, 1.54) is 11.1 Å². The standard InChI is InChI=1S/C18H20N2O/c1-14(10-15-6-3-2-4-7-15)12-20-13-16-8-5-9-17(11-16)18(19)21/h2-11,20H,12-13H2,1H3,(H2,19,21). The smallest absolute Gasteiger partial charge is 0.248 e. The Bertz CT molecular complexity index is 633. The highest BCUT2D eigenvalue weighted by Gasteiger charge is 2.01. The van der Waals surface area contributed by atoms with E-state index in [1.54, 1.807) is 6.07 Å². The summed E-state index contributed by atoms with van der Waals surface area (Å²) < 4.78 is 0. The van der Waals surface area contributed by atoms with Crippen molar-refractivity contribution in [1.29, 1.82) is 0 Å². The summed E-state index contributed by atoms with van der Waals surface area (Å²) in [4.78, 5) is 11.1. The second kappa shape index (κ2) is 7.41. The number of hydrogen-bond acceptors (Lipinski definition) is 2. The Kier molecular flexibility index (Phi) is 5.29. The van der Waals surface area contributed by atoms with Gasteiger partial charge in [0, 0.05) is 18.7 Å². The first-order valence-electron chi connectivity index (χ1n) is 6.97. The molecule has 0 saturated heterocycles. The summed E-state index contributed by atoms with van der Waals surface area (Å²) >= 11 is 0. The van der Waals surface area contributed by atoms with Crippen molar-refractivity contribution in [2.24, 2.45) is 5.73 Å². The number of benzene rings is 2. The topological polar surface area (TPSA) is 55.1 Å². The van der Waals surface area contributed by atoms with Crippen LogP contribution in [0.4, 0.5) is 0 Å². The van der Waals surface area contributed by atoms with Gasteiger partial charge in [0.2, 0.25) is 5.91 Å². The lowest BCUT2D eigenvalue weighted by atomic mass is 10.1. The highest BCUT2D eigenvalue weighted by atomic mass is 16.1. The largest absolute Gasteiger partial charge is 0.366 e. The van der Waals surface area contributed by atoms with Crippen LogP contribution in [0, 0.1) is 0 Å². The van der Waals surface area contributed by atoms with Gasteiger partial charge in [-0.05, 0) is 30.2 Å². The Labute approximate surface area is 125 Å². The van der Waals surface area contributed by atoms with Gasteiger partial charge < -0.3 is 11.1 Å². The van der Waals surface area contributed by atoms with Gasteiger partial charge >= 0.3 is 0 Å². The third kappa shape index (κ3) is 4.89. The Balaban J connectivity index is 1.88. The van der Waals surface area contributed by atoms with Crippen LogP contribution >= 0.6 is 0 Å². The lowest BCUT2D eigenvalue weighted by Gasteiger charge is -2.06. The monoisotopic (exact) mass is 280 g/mol. The van der Waals surface area contributed by atoms with Crippen molar-refractivity contribution in [3.05, 3.63) is 76.9 Å². The van der Waals surface area contributed by atoms with Crippen molar-refractivity contribution >= 4 is 12.0 Å². The van der Waals surface area contributed by atoms with Crippen molar-refractivity contribution in [2.45, 2.75) is 13.5 Å². The highest BCUT2D eigenvalue weighted by Crippen LogP contribution is 2.07. The average Bonchev–Trinajstić information content (AvgIpc) is 2.48. The maximum Gasteiger partial charge on any atom is 0.248 e. The van der Waals surface area contributed by atoms with E-state index in [1.807, 2.05) is 36.4 Å². The van der Waals surface area contributed by atoms with Gasteiger partial charge in [0.1, 0.15) is 0 Å². The first-order chi connectivity index (χ1) is 10.1. The molecule has 0 saturated carbocycles. The fourth-order valence-corrected chi connectivity index (χ4v) is 2.12. The Hall–Kier alpha value is -2.39. The number of nitrogens with two attached hydrogens (primary N) is 1. The first-order valence-corrected chi connectivity index (χ1v) is 6.97. The molecule has 2 aromatic carbocycles. The van der Waals surface area contributed by atoms with Gasteiger partial charge in [-0.2, -0.15) is 0 Å². The van der Waals surface area contributed by atoms with Gasteiger partial charge in [0.25, 0.3) is 0 Å². The molecule has 3 N–H and O–H groups in total. The van der Waals surface area contributed by atoms with Gasteiger partial charge in [0.05, 0.1) is 0 Å². The predicted molar refractivity (Wildman–Crippen MR) is 86.8 cm³/mol. The van der Waals surface area contributed by atoms with Gasteiger partial charge in [-0.15, -0.1) is 0 Å². The molecule has 0 aliphatic heterocycles. The molecule has 0 unspecified atom stereocenters. The predicted octanol–water partition coefficient (Wildman–Crippen LogP) is 2.98. The molecule has 0 heterocycles. The molecule has 0 fully saturated rings. The van der Waals surface area contributed by atoms with E-state index < -0.39 is 5.91 Å². The molecule has 0 radical (unpaired) electrons. The number of primary amides is 1. The fourth-order valence-electron chi connectivity index (χ4n) is 2.12. The van der Waals surface area contributed by atoms with E-state index in [0.717, 1.165) is 12.1 Å². The first kappa shape index (κ1) is 15.0. The van der Waals surface area contributed by atoms with Crippen LogP contribution in [0.5, 0.6) is 0 Å². The summed E-state index contributed by atoms with van der Waals surface area (Å²) in [6, 6.07) is 17.6. The molecule has 0 aromatic heterocycles. The van der Waals surface area contributed by atoms with E-state index in [4.69, 9.17) is 5.73 Å². The van der Waals surface area contributed by atoms with Crippen molar-refractivity contribution in [3.63, 3.8) is 0 Å². The number of carbonyl (C=O) groups is 1. The zero-order chi connectivity index (χ0) is 15.1. The molecule has 0 spiro atoms. The number of rotatable bonds is 6. The van der Waals surface area contributed by atoms with Crippen LogP contribution in [0.3, 0.4) is 0 Å². The lowest BCUT2D eigenvalue weighted by molar-refractivity contribution is 0.1000. The molecule has 21 heavy (non-hydrogen) atoms. The number of nitrogens with one attached hydrogen (secondary N) is 1. The minimum atomic E-state index is -0.392. The molecular formula is C18H20N2O. The molecule has 0 aliphatic rings. The molecule has 0 bridgehead atoms. The van der Waals surface area contributed by atoms with Crippen LogP contribution in [0.25, 0.3) is 6.08 Å². The van der Waals surface area contributed by atoms with E-state index in [-0.39, 0.29) is 0 Å². The molecule has 0 atom stereocenters. The third-order valence-electron chi connectivity index (χ3n) is 3.16. The molecule has 1 amide bonds. The highest BCUT2D eigenvalue weighted by molar-refractivity contribution is 5.92. The number of carbonyl (C=O) groups excluding carboxylic acids is 1. The summed E-state index contributed by atoms with van der Waals surface area (Å²) in [6.45, 7) is 3.61. The maximum atomic E-state index is 11.1. The summed E-state index contributed by atoms with van der Waals surface area (Å²) in [5.74, 6) is -0.392. The van der Waals surface area contributed by atoms with Gasteiger partial charge in [0.15, 0.2) is 0 Å². The zero-order valence-electron chi connectivity index (χ0n) is 12.2. The molecule has 108 valence electrons. The molecule has 0 aliphatic carbocycles. The third-order valence-corrected chi connectivity index (χ3v) is 3.16. The van der Waals surface area contributed by atoms with Crippen LogP contribution in [-0.4, -0.2) is 12.5 Å². The minimum absolute atomic E-state index is 0.392. The SMILES string of the molecule is CC(=Cc1ccccc1)CNCc1cccc(C(N)=O)c1. The van der Waals surface area contributed by atoms with Gasteiger partial charge in [-0.1, -0.05) is 54.1 Å². The molecular weight excluding hydrogens is 260 g/mol. The zero-order valence-corrected chi connectivity index (χ0v) is 12.2. The Morgan fingerprint density at radius 2 is 1.90 bits per heavy atom. The van der Waals surface area contributed by atoms with Crippen LogP contribution in [0.2, 0.25) is 0 Å². The van der Waals surface area contributed by atoms with Crippen LogP contribution < -0.4 is 11.1 Å². The quantitative estimate of drug-likeness (QED) is 0.854. The van der Waals surface area contributed by atoms with Gasteiger partial charge in [-0.3, -0.25) is 4.79 Å².